The summed E-state index contributed by atoms with van der Waals surface area (Å²) in [5, 5.41) is 9.77. The Kier molecular flexibility index (Phi) is 5.22. The van der Waals surface area contributed by atoms with Gasteiger partial charge >= 0.3 is 5.97 Å². The molecule has 0 atom stereocenters. The van der Waals surface area contributed by atoms with Crippen molar-refractivity contribution in [1.82, 2.24) is 14.8 Å². The smallest absolute Gasteiger partial charge is 0.308 e. The first kappa shape index (κ1) is 23.0. The monoisotopic (exact) mass is 501 g/mol. The molecule has 2 aliphatic carbocycles. The molecule has 6 nitrogen and oxygen atoms in total. The summed E-state index contributed by atoms with van der Waals surface area (Å²) in [4.78, 5) is 12.0. The average Bonchev–Trinajstić information content (AvgIpc) is 3.45. The van der Waals surface area contributed by atoms with E-state index in [0.29, 0.717) is 17.4 Å². The number of nitrogens with one attached hydrogen (secondary N) is 1. The van der Waals surface area contributed by atoms with Crippen LogP contribution in [-0.2, 0) is 14.3 Å². The molecular formula is C30H32FN3O3. The fourth-order valence-electron chi connectivity index (χ4n) is 7.46. The zero-order valence-corrected chi connectivity index (χ0v) is 21.4. The lowest BCUT2D eigenvalue weighted by atomic mass is 9.47. The van der Waals surface area contributed by atoms with Gasteiger partial charge in [-0.2, -0.15) is 5.10 Å². The molecule has 2 saturated carbocycles. The van der Waals surface area contributed by atoms with Crippen molar-refractivity contribution in [2.75, 3.05) is 20.3 Å². The van der Waals surface area contributed by atoms with Crippen LogP contribution in [0.4, 0.5) is 4.39 Å². The van der Waals surface area contributed by atoms with Crippen LogP contribution in [0.1, 0.15) is 67.2 Å². The molecule has 1 spiro atoms. The molecule has 2 aromatic heterocycles. The van der Waals surface area contributed by atoms with Crippen LogP contribution in [0.5, 0.6) is 0 Å². The number of H-pyrrole nitrogens is 1. The van der Waals surface area contributed by atoms with E-state index in [1.165, 1.54) is 23.8 Å². The number of nitrogens with zero attached hydrogens (tertiary/aromatic N) is 2. The van der Waals surface area contributed by atoms with E-state index in [9.17, 15) is 9.18 Å². The number of aromatic amines is 1. The third kappa shape index (κ3) is 3.54. The van der Waals surface area contributed by atoms with Crippen LogP contribution < -0.4 is 0 Å². The zero-order valence-electron chi connectivity index (χ0n) is 21.4. The number of hydrogen-bond donors (Lipinski definition) is 1. The summed E-state index contributed by atoms with van der Waals surface area (Å²) in [6.07, 6.45) is 7.89. The molecule has 0 amide bonds. The van der Waals surface area contributed by atoms with E-state index < -0.39 is 0 Å². The highest BCUT2D eigenvalue weighted by Gasteiger charge is 2.56. The van der Waals surface area contributed by atoms with Crippen LogP contribution in [0.2, 0.25) is 0 Å². The lowest BCUT2D eigenvalue weighted by Crippen LogP contribution is -2.49. The van der Waals surface area contributed by atoms with E-state index in [1.807, 2.05) is 25.3 Å². The van der Waals surface area contributed by atoms with Gasteiger partial charge in [0.2, 0.25) is 0 Å². The Balaban J connectivity index is 1.40. The standard InChI is InChI=1S/C30H32FN3O3/c1-17-9-22(3-4-24(17)31)34-26-10-19-16-32-33-25(19)11-23(26)27(28(34)18-5-7-37-8-6-18)20-12-30(13-20)14-21(15-30)29(35)36-2/h3-4,9-11,16,18,20-21H,5-8,12-15H2,1-2H3,(H,32,33). The second-order valence-corrected chi connectivity index (χ2v) is 11.5. The van der Waals surface area contributed by atoms with Crippen molar-refractivity contribution in [3.05, 3.63) is 59.2 Å². The van der Waals surface area contributed by atoms with Gasteiger partial charge in [-0.05, 0) is 98.2 Å². The van der Waals surface area contributed by atoms with Gasteiger partial charge in [-0.1, -0.05) is 0 Å². The number of aromatic nitrogens is 3. The third-order valence-corrected chi connectivity index (χ3v) is 9.27. The molecule has 0 radical (unpaired) electrons. The highest BCUT2D eigenvalue weighted by molar-refractivity contribution is 5.99. The molecule has 7 rings (SSSR count). The second-order valence-electron chi connectivity index (χ2n) is 11.5. The summed E-state index contributed by atoms with van der Waals surface area (Å²) in [6.45, 7) is 3.35. The number of fused-ring (bicyclic) bond motifs is 2. The minimum atomic E-state index is -0.184. The molecule has 2 aromatic carbocycles. The van der Waals surface area contributed by atoms with Gasteiger partial charge in [0.05, 0.1) is 30.3 Å². The van der Waals surface area contributed by atoms with Gasteiger partial charge in [0, 0.05) is 41.3 Å². The number of benzene rings is 2. The van der Waals surface area contributed by atoms with Gasteiger partial charge in [-0.25, -0.2) is 4.39 Å². The van der Waals surface area contributed by atoms with E-state index in [0.717, 1.165) is 73.8 Å². The first-order valence-corrected chi connectivity index (χ1v) is 13.4. The number of carbonyl (C=O) groups excluding carboxylic acids is 1. The molecule has 37 heavy (non-hydrogen) atoms. The average molecular weight is 502 g/mol. The molecule has 7 heteroatoms. The van der Waals surface area contributed by atoms with E-state index in [1.54, 1.807) is 6.07 Å². The summed E-state index contributed by atoms with van der Waals surface area (Å²) in [5.41, 5.74) is 6.87. The molecule has 4 aromatic rings. The van der Waals surface area contributed by atoms with Crippen molar-refractivity contribution < 1.29 is 18.7 Å². The normalized spacial score (nSPS) is 25.9. The largest absolute Gasteiger partial charge is 0.469 e. The van der Waals surface area contributed by atoms with Gasteiger partial charge in [0.25, 0.3) is 0 Å². The quantitative estimate of drug-likeness (QED) is 0.334. The number of aryl methyl sites for hydroxylation is 1. The van der Waals surface area contributed by atoms with Gasteiger partial charge < -0.3 is 14.0 Å². The minimum absolute atomic E-state index is 0.0501. The Hall–Kier alpha value is -3.19. The topological polar surface area (TPSA) is 69.1 Å². The van der Waals surface area contributed by atoms with Crippen LogP contribution >= 0.6 is 0 Å². The van der Waals surface area contributed by atoms with Gasteiger partial charge in [0.15, 0.2) is 0 Å². The van der Waals surface area contributed by atoms with E-state index >= 15 is 0 Å². The second kappa shape index (κ2) is 8.42. The first-order chi connectivity index (χ1) is 18.0. The Morgan fingerprint density at radius 3 is 2.65 bits per heavy atom. The predicted octanol–water partition coefficient (Wildman–Crippen LogP) is 6.30. The summed E-state index contributed by atoms with van der Waals surface area (Å²) < 4.78 is 27.5. The van der Waals surface area contributed by atoms with Crippen molar-refractivity contribution in [2.45, 2.75) is 57.3 Å². The maximum absolute atomic E-state index is 14.3. The number of rotatable bonds is 4. The molecule has 192 valence electrons. The van der Waals surface area contributed by atoms with Crippen molar-refractivity contribution in [1.29, 1.82) is 0 Å². The van der Waals surface area contributed by atoms with Crippen molar-refractivity contribution in [2.24, 2.45) is 11.3 Å². The highest BCUT2D eigenvalue weighted by Crippen LogP contribution is 2.65. The molecule has 1 saturated heterocycles. The van der Waals surface area contributed by atoms with Crippen molar-refractivity contribution in [3.8, 4) is 5.69 Å². The van der Waals surface area contributed by atoms with E-state index in [2.05, 4.69) is 26.9 Å². The van der Waals surface area contributed by atoms with Gasteiger partial charge in [-0.15, -0.1) is 0 Å². The van der Waals surface area contributed by atoms with Crippen LogP contribution in [0.3, 0.4) is 0 Å². The number of ether oxygens (including phenoxy) is 2. The molecule has 1 N–H and O–H groups in total. The molecule has 0 bridgehead atoms. The van der Waals surface area contributed by atoms with Crippen molar-refractivity contribution >= 4 is 27.8 Å². The zero-order chi connectivity index (χ0) is 25.3. The summed E-state index contributed by atoms with van der Waals surface area (Å²) >= 11 is 0. The minimum Gasteiger partial charge on any atom is -0.469 e. The maximum atomic E-state index is 14.3. The Morgan fingerprint density at radius 2 is 1.92 bits per heavy atom. The summed E-state index contributed by atoms with van der Waals surface area (Å²) in [6, 6.07) is 9.94. The van der Waals surface area contributed by atoms with Crippen molar-refractivity contribution in [3.63, 3.8) is 0 Å². The fourth-order valence-corrected chi connectivity index (χ4v) is 7.46. The van der Waals surface area contributed by atoms with Gasteiger partial charge in [0.1, 0.15) is 5.82 Å². The molecule has 0 unspecified atom stereocenters. The highest BCUT2D eigenvalue weighted by atomic mass is 19.1. The Morgan fingerprint density at radius 1 is 1.14 bits per heavy atom. The number of hydrogen-bond acceptors (Lipinski definition) is 4. The lowest BCUT2D eigenvalue weighted by Gasteiger charge is -2.57. The number of halogens is 1. The van der Waals surface area contributed by atoms with E-state index in [4.69, 9.17) is 9.47 Å². The van der Waals surface area contributed by atoms with Crippen LogP contribution in [-0.4, -0.2) is 41.1 Å². The molecule has 3 aliphatic rings. The predicted molar refractivity (Wildman–Crippen MR) is 140 cm³/mol. The molecule has 1 aliphatic heterocycles. The third-order valence-electron chi connectivity index (χ3n) is 9.27. The lowest BCUT2D eigenvalue weighted by molar-refractivity contribution is -0.159. The van der Waals surface area contributed by atoms with Gasteiger partial charge in [-0.3, -0.25) is 9.89 Å². The Bertz CT molecular complexity index is 1520. The fraction of sp³-hybridized carbons (Fsp3) is 0.467. The Labute approximate surface area is 215 Å². The number of carbonyl (C=O) groups is 1. The maximum Gasteiger partial charge on any atom is 0.308 e. The van der Waals surface area contributed by atoms with Crippen LogP contribution in [0.25, 0.3) is 27.5 Å². The summed E-state index contributed by atoms with van der Waals surface area (Å²) in [7, 11) is 1.49. The molecule has 3 heterocycles. The number of methoxy groups -OCH3 is 1. The van der Waals surface area contributed by atoms with Crippen LogP contribution in [0.15, 0.2) is 36.5 Å². The SMILES string of the molecule is COC(=O)C1CC2(C1)CC(c1c(C3CCOCC3)n(-c3ccc(F)c(C)c3)c3cc4cn[nH]c4cc13)C2. The first-order valence-electron chi connectivity index (χ1n) is 13.4. The number of esters is 1. The van der Waals surface area contributed by atoms with Crippen LogP contribution in [0, 0.1) is 24.1 Å². The van der Waals surface area contributed by atoms with E-state index in [-0.39, 0.29) is 23.1 Å². The molecule has 3 fully saturated rings. The summed E-state index contributed by atoms with van der Waals surface area (Å²) in [5.74, 6) is 0.605. The molecular weight excluding hydrogens is 469 g/mol.